The molecule has 0 bridgehead atoms. The fraction of sp³-hybridized carbons (Fsp3) is 0.400. The lowest BCUT2D eigenvalue weighted by molar-refractivity contribution is -0.137. The van der Waals surface area contributed by atoms with Crippen molar-refractivity contribution in [3.63, 3.8) is 0 Å². The number of rotatable bonds is 3. The van der Waals surface area contributed by atoms with E-state index in [-0.39, 0.29) is 58.4 Å². The third-order valence-corrected chi connectivity index (χ3v) is 10.1. The summed E-state index contributed by atoms with van der Waals surface area (Å²) < 4.78 is 78.7. The van der Waals surface area contributed by atoms with E-state index >= 15 is 4.39 Å². The highest BCUT2D eigenvalue weighted by atomic mass is 35.5. The molecule has 2 aromatic carbocycles. The van der Waals surface area contributed by atoms with E-state index in [0.29, 0.717) is 6.07 Å². The molecule has 0 spiro atoms. The van der Waals surface area contributed by atoms with E-state index in [9.17, 15) is 32.3 Å². The number of amides is 1. The maximum Gasteiger partial charge on any atom is 0.416 e. The second-order valence-corrected chi connectivity index (χ2v) is 12.3. The first-order valence-corrected chi connectivity index (χ1v) is 14.1. The Bertz CT molecular complexity index is 1570. The summed E-state index contributed by atoms with van der Waals surface area (Å²) in [4.78, 5) is 31.8. The van der Waals surface area contributed by atoms with Crippen molar-refractivity contribution in [1.82, 2.24) is 14.5 Å². The molecule has 1 amide bonds. The highest BCUT2D eigenvalue weighted by molar-refractivity contribution is 8.17. The molecule has 5 rings (SSSR count). The van der Waals surface area contributed by atoms with Crippen molar-refractivity contribution in [2.75, 3.05) is 37.4 Å². The Balaban J connectivity index is 1.83. The molecule has 15 heteroatoms. The van der Waals surface area contributed by atoms with Crippen LogP contribution in [0.4, 0.5) is 32.6 Å². The lowest BCUT2D eigenvalue weighted by Gasteiger charge is -2.40. The number of nitrogens with zero attached hydrogens (tertiary/aromatic N) is 4. The van der Waals surface area contributed by atoms with Gasteiger partial charge in [-0.3, -0.25) is 4.57 Å². The number of methoxy groups -OCH3 is 1. The molecule has 40 heavy (non-hydrogen) atoms. The zero-order valence-corrected chi connectivity index (χ0v) is 22.8. The molecule has 0 radical (unpaired) electrons. The third-order valence-electron chi connectivity index (χ3n) is 7.21. The molecule has 216 valence electrons. The van der Waals surface area contributed by atoms with Crippen LogP contribution in [0.15, 0.2) is 38.9 Å². The number of halogens is 6. The zero-order chi connectivity index (χ0) is 29.1. The van der Waals surface area contributed by atoms with Crippen molar-refractivity contribution < 1.29 is 36.6 Å². The SMILES string of the molecule is CO[C@H]1Cn2c(=O)nc(N3CCN(C(=O)O)C[C@@H]3C)c3cc(C(F)(F)F)cc(c32)[SH](c2cc(Cl)c(F)cc2F)C1. The van der Waals surface area contributed by atoms with Gasteiger partial charge in [0, 0.05) is 59.8 Å². The second-order valence-electron chi connectivity index (χ2n) is 9.67. The standard InChI is InChI=1S/C25H24ClF5N4O4S/c1-12-9-33(24(37)38)3-4-34(12)22-15-5-13(25(29,30)31)6-20-21(15)35(23(36)32-22)10-14(39-2)11-40(20)19-7-16(26)17(27)8-18(19)28/h5-8,12,14,40H,3-4,9-11H2,1-2H3,(H,37,38)/t12-,14-/m0/s1. The van der Waals surface area contributed by atoms with Crippen molar-refractivity contribution in [2.45, 2.75) is 41.6 Å². The maximum absolute atomic E-state index is 15.2. The number of ether oxygens (including phenoxy) is 1. The summed E-state index contributed by atoms with van der Waals surface area (Å²) in [6, 6.07) is 2.95. The molecule has 2 aliphatic heterocycles. The molecular weight excluding hydrogens is 583 g/mol. The number of carboxylic acid groups (broad SMARTS) is 1. The summed E-state index contributed by atoms with van der Waals surface area (Å²) in [7, 11) is -0.597. The van der Waals surface area contributed by atoms with Gasteiger partial charge in [0.1, 0.15) is 17.5 Å². The average Bonchev–Trinajstić information content (AvgIpc) is 3.05. The van der Waals surface area contributed by atoms with Crippen LogP contribution in [0.5, 0.6) is 0 Å². The Morgan fingerprint density at radius 2 is 1.85 bits per heavy atom. The Morgan fingerprint density at radius 3 is 2.48 bits per heavy atom. The first-order chi connectivity index (χ1) is 18.8. The van der Waals surface area contributed by atoms with Crippen LogP contribution in [0.2, 0.25) is 5.02 Å². The highest BCUT2D eigenvalue weighted by Gasteiger charge is 2.37. The predicted octanol–water partition coefficient (Wildman–Crippen LogP) is 4.98. The Morgan fingerprint density at radius 1 is 1.12 bits per heavy atom. The molecule has 0 saturated carbocycles. The van der Waals surface area contributed by atoms with E-state index in [1.165, 1.54) is 16.6 Å². The molecule has 1 N–H and O–H groups in total. The van der Waals surface area contributed by atoms with E-state index in [1.54, 1.807) is 11.8 Å². The zero-order valence-electron chi connectivity index (χ0n) is 21.2. The van der Waals surface area contributed by atoms with Crippen molar-refractivity contribution >= 4 is 45.3 Å². The summed E-state index contributed by atoms with van der Waals surface area (Å²) in [5, 5.41) is 9.00. The first kappa shape index (κ1) is 28.4. The summed E-state index contributed by atoms with van der Waals surface area (Å²) in [5.41, 5.74) is -1.63. The fourth-order valence-corrected chi connectivity index (χ4v) is 8.21. The van der Waals surface area contributed by atoms with Crippen molar-refractivity contribution in [3.05, 3.63) is 57.0 Å². The van der Waals surface area contributed by atoms with Crippen molar-refractivity contribution in [3.8, 4) is 0 Å². The lowest BCUT2D eigenvalue weighted by Crippen LogP contribution is -2.54. The van der Waals surface area contributed by atoms with Gasteiger partial charge in [0.15, 0.2) is 0 Å². The summed E-state index contributed by atoms with van der Waals surface area (Å²) in [5.74, 6) is -1.98. The average molecular weight is 607 g/mol. The largest absolute Gasteiger partial charge is 0.465 e. The Hall–Kier alpha value is -3.10. The minimum atomic E-state index is -4.80. The van der Waals surface area contributed by atoms with Crippen LogP contribution in [-0.2, 0) is 17.5 Å². The molecule has 2 aliphatic rings. The van der Waals surface area contributed by atoms with Gasteiger partial charge in [-0.1, -0.05) is 11.6 Å². The molecule has 8 nitrogen and oxygen atoms in total. The van der Waals surface area contributed by atoms with E-state index < -0.39 is 63.2 Å². The van der Waals surface area contributed by atoms with Gasteiger partial charge in [-0.15, -0.1) is 0 Å². The Labute approximate surface area is 232 Å². The number of anilines is 1. The minimum Gasteiger partial charge on any atom is -0.465 e. The Kier molecular flexibility index (Phi) is 7.38. The lowest BCUT2D eigenvalue weighted by atomic mass is 10.1. The molecule has 1 saturated heterocycles. The number of hydrogen-bond donors (Lipinski definition) is 2. The topological polar surface area (TPSA) is 87.9 Å². The van der Waals surface area contributed by atoms with Crippen LogP contribution in [0.3, 0.4) is 0 Å². The number of thiol groups is 1. The van der Waals surface area contributed by atoms with E-state index in [1.807, 2.05) is 0 Å². The highest BCUT2D eigenvalue weighted by Crippen LogP contribution is 2.53. The molecule has 1 unspecified atom stereocenters. The van der Waals surface area contributed by atoms with Gasteiger partial charge in [-0.2, -0.15) is 29.1 Å². The molecular formula is C25H24ClF5N4O4S. The van der Waals surface area contributed by atoms with Gasteiger partial charge in [0.2, 0.25) is 0 Å². The van der Waals surface area contributed by atoms with Crippen LogP contribution < -0.4 is 10.6 Å². The van der Waals surface area contributed by atoms with Gasteiger partial charge in [0.25, 0.3) is 0 Å². The molecule has 1 aromatic heterocycles. The summed E-state index contributed by atoms with van der Waals surface area (Å²) >= 11 is 5.96. The van der Waals surface area contributed by atoms with Gasteiger partial charge in [-0.25, -0.2) is 18.4 Å². The predicted molar refractivity (Wildman–Crippen MR) is 140 cm³/mol. The number of hydrogen-bond acceptors (Lipinski definition) is 5. The molecule has 3 heterocycles. The number of carbonyl (C=O) groups is 1. The van der Waals surface area contributed by atoms with Gasteiger partial charge in [0.05, 0.1) is 28.8 Å². The van der Waals surface area contributed by atoms with Crippen molar-refractivity contribution in [1.29, 1.82) is 0 Å². The summed E-state index contributed by atoms with van der Waals surface area (Å²) in [6.45, 7) is 1.81. The number of benzene rings is 2. The maximum atomic E-state index is 15.2. The molecule has 3 aromatic rings. The quantitative estimate of drug-likeness (QED) is 0.248. The van der Waals surface area contributed by atoms with Crippen LogP contribution in [0, 0.1) is 11.6 Å². The van der Waals surface area contributed by atoms with Crippen LogP contribution in [0.25, 0.3) is 10.9 Å². The number of alkyl halides is 3. The van der Waals surface area contributed by atoms with E-state index in [4.69, 9.17) is 16.3 Å². The number of aromatic nitrogens is 2. The van der Waals surface area contributed by atoms with Gasteiger partial charge < -0.3 is 19.6 Å². The summed E-state index contributed by atoms with van der Waals surface area (Å²) in [6.07, 6.45) is -6.64. The minimum absolute atomic E-state index is 0.0120. The van der Waals surface area contributed by atoms with Crippen LogP contribution in [-0.4, -0.2) is 70.3 Å². The molecule has 1 fully saturated rings. The monoisotopic (exact) mass is 606 g/mol. The van der Waals surface area contributed by atoms with Crippen LogP contribution in [0.1, 0.15) is 12.5 Å². The van der Waals surface area contributed by atoms with Gasteiger partial charge >= 0.3 is 18.0 Å². The van der Waals surface area contributed by atoms with Gasteiger partial charge in [-0.05, 0) is 25.1 Å². The first-order valence-electron chi connectivity index (χ1n) is 12.1. The molecule has 3 atom stereocenters. The third kappa shape index (κ3) is 4.96. The number of piperazine rings is 1. The van der Waals surface area contributed by atoms with Crippen molar-refractivity contribution in [2.24, 2.45) is 0 Å². The fourth-order valence-electron chi connectivity index (χ4n) is 5.24. The smallest absolute Gasteiger partial charge is 0.416 e. The van der Waals surface area contributed by atoms with Crippen LogP contribution >= 0.6 is 22.5 Å². The normalized spacial score (nSPS) is 22.4. The van der Waals surface area contributed by atoms with E-state index in [0.717, 1.165) is 18.2 Å². The molecule has 0 aliphatic carbocycles. The van der Waals surface area contributed by atoms with E-state index in [2.05, 4.69) is 4.98 Å². The second kappa shape index (κ2) is 10.4.